The minimum absolute atomic E-state index is 0.156. The van der Waals surface area contributed by atoms with Crippen molar-refractivity contribution >= 4 is 17.6 Å². The van der Waals surface area contributed by atoms with Gasteiger partial charge in [0.1, 0.15) is 6.10 Å². The summed E-state index contributed by atoms with van der Waals surface area (Å²) < 4.78 is 5.55. The maximum Gasteiger partial charge on any atom is 0.251 e. The van der Waals surface area contributed by atoms with E-state index in [9.17, 15) is 4.79 Å². The van der Waals surface area contributed by atoms with E-state index >= 15 is 0 Å². The van der Waals surface area contributed by atoms with Crippen molar-refractivity contribution in [3.05, 3.63) is 30.3 Å². The molecule has 2 aliphatic rings. The Kier molecular flexibility index (Phi) is 7.54. The molecule has 28 heavy (non-hydrogen) atoms. The van der Waals surface area contributed by atoms with Crippen LogP contribution in [0, 0.1) is 0 Å². The van der Waals surface area contributed by atoms with Crippen molar-refractivity contribution in [3.63, 3.8) is 0 Å². The molecular formula is C21H33N5O2. The van der Waals surface area contributed by atoms with Crippen molar-refractivity contribution in [2.75, 3.05) is 64.4 Å². The molecule has 0 aromatic heterocycles. The minimum Gasteiger partial charge on any atom is -0.373 e. The first-order valence-corrected chi connectivity index (χ1v) is 10.4. The molecule has 1 unspecified atom stereocenters. The molecule has 0 bridgehead atoms. The van der Waals surface area contributed by atoms with Crippen LogP contribution >= 0.6 is 0 Å². The zero-order chi connectivity index (χ0) is 19.8. The molecule has 3 rings (SSSR count). The van der Waals surface area contributed by atoms with E-state index in [1.807, 2.05) is 11.0 Å². The fourth-order valence-corrected chi connectivity index (χ4v) is 3.66. The number of carbonyl (C=O) groups excluding carboxylic acids is 1. The van der Waals surface area contributed by atoms with Crippen LogP contribution in [0.15, 0.2) is 35.3 Å². The van der Waals surface area contributed by atoms with Gasteiger partial charge in [-0.05, 0) is 31.9 Å². The predicted octanol–water partition coefficient (Wildman–Crippen LogP) is 1.41. The van der Waals surface area contributed by atoms with Gasteiger partial charge < -0.3 is 24.8 Å². The molecule has 154 valence electrons. The number of hydrogen-bond donors (Lipinski definition) is 1. The van der Waals surface area contributed by atoms with Gasteiger partial charge in [-0.2, -0.15) is 0 Å². The second-order valence-corrected chi connectivity index (χ2v) is 7.31. The van der Waals surface area contributed by atoms with Crippen LogP contribution in [0.25, 0.3) is 0 Å². The highest BCUT2D eigenvalue weighted by molar-refractivity contribution is 5.82. The van der Waals surface area contributed by atoms with Crippen LogP contribution in [0.2, 0.25) is 0 Å². The number of aliphatic imine (C=N–C) groups is 1. The number of guanidine groups is 1. The molecule has 1 amide bonds. The second kappa shape index (κ2) is 10.3. The van der Waals surface area contributed by atoms with E-state index in [1.165, 1.54) is 5.69 Å². The number of carbonyl (C=O) groups is 1. The Morgan fingerprint density at radius 2 is 1.93 bits per heavy atom. The normalized spacial score (nSPS) is 20.4. The van der Waals surface area contributed by atoms with Crippen molar-refractivity contribution in [2.45, 2.75) is 25.9 Å². The number of para-hydroxylation sites is 1. The van der Waals surface area contributed by atoms with Crippen LogP contribution in [0.3, 0.4) is 0 Å². The second-order valence-electron chi connectivity index (χ2n) is 7.31. The third kappa shape index (κ3) is 5.38. The summed E-state index contributed by atoms with van der Waals surface area (Å²) >= 11 is 0. The third-order valence-electron chi connectivity index (χ3n) is 5.32. The summed E-state index contributed by atoms with van der Waals surface area (Å²) in [5.74, 6) is 1.09. The van der Waals surface area contributed by atoms with Gasteiger partial charge in [-0.3, -0.25) is 9.79 Å². The van der Waals surface area contributed by atoms with Crippen LogP contribution in [0.4, 0.5) is 5.69 Å². The van der Waals surface area contributed by atoms with Gasteiger partial charge >= 0.3 is 0 Å². The number of nitrogens with one attached hydrogen (secondary N) is 1. The van der Waals surface area contributed by atoms with Crippen LogP contribution in [-0.2, 0) is 9.53 Å². The first-order valence-electron chi connectivity index (χ1n) is 10.4. The molecule has 7 nitrogen and oxygen atoms in total. The average Bonchev–Trinajstić information content (AvgIpc) is 3.28. The van der Waals surface area contributed by atoms with E-state index in [2.05, 4.69) is 53.4 Å². The molecule has 2 fully saturated rings. The van der Waals surface area contributed by atoms with Crippen LogP contribution in [-0.4, -0.2) is 87.2 Å². The summed E-state index contributed by atoms with van der Waals surface area (Å²) in [5.41, 5.74) is 1.20. The number of piperazine rings is 1. The maximum atomic E-state index is 12.5. The summed E-state index contributed by atoms with van der Waals surface area (Å²) in [5, 5.41) is 3.39. The van der Waals surface area contributed by atoms with Crippen LogP contribution in [0.1, 0.15) is 19.8 Å². The lowest BCUT2D eigenvalue weighted by Gasteiger charge is -2.37. The fourth-order valence-electron chi connectivity index (χ4n) is 3.66. The topological polar surface area (TPSA) is 60.4 Å². The largest absolute Gasteiger partial charge is 0.373 e. The summed E-state index contributed by atoms with van der Waals surface area (Å²) in [7, 11) is 2.09. The van der Waals surface area contributed by atoms with E-state index in [1.54, 1.807) is 0 Å². The lowest BCUT2D eigenvalue weighted by atomic mass is 10.2. The molecular weight excluding hydrogens is 354 g/mol. The Labute approximate surface area is 168 Å². The van der Waals surface area contributed by atoms with E-state index in [0.717, 1.165) is 64.6 Å². The number of hydrogen-bond acceptors (Lipinski definition) is 4. The smallest absolute Gasteiger partial charge is 0.251 e. The quantitative estimate of drug-likeness (QED) is 0.591. The summed E-state index contributed by atoms with van der Waals surface area (Å²) in [6.07, 6.45) is 1.63. The Morgan fingerprint density at radius 1 is 1.21 bits per heavy atom. The molecule has 1 atom stereocenters. The highest BCUT2D eigenvalue weighted by Gasteiger charge is 2.30. The van der Waals surface area contributed by atoms with Crippen LogP contribution in [0.5, 0.6) is 0 Å². The first kappa shape index (κ1) is 20.5. The number of ether oxygens (including phenoxy) is 1. The van der Waals surface area contributed by atoms with E-state index in [0.29, 0.717) is 6.61 Å². The van der Waals surface area contributed by atoms with Gasteiger partial charge in [-0.1, -0.05) is 18.2 Å². The number of anilines is 1. The highest BCUT2D eigenvalue weighted by atomic mass is 16.5. The first-order chi connectivity index (χ1) is 13.7. The van der Waals surface area contributed by atoms with Crippen LogP contribution < -0.4 is 10.2 Å². The SMILES string of the molecule is CCNC(=NCCN(C)c1ccccc1)N1CCN(C(=O)C2CCCO2)CC1. The van der Waals surface area contributed by atoms with Crippen molar-refractivity contribution in [1.29, 1.82) is 0 Å². The molecule has 1 aromatic carbocycles. The number of nitrogens with zero attached hydrogens (tertiary/aromatic N) is 4. The van der Waals surface area contributed by atoms with E-state index in [-0.39, 0.29) is 12.0 Å². The standard InChI is InChI=1S/C21H33N5O2/c1-3-22-21(23-11-12-24(2)18-8-5-4-6-9-18)26-15-13-25(14-16-26)20(27)19-10-7-17-28-19/h4-6,8-9,19H,3,7,10-17H2,1-2H3,(H,22,23). The minimum atomic E-state index is -0.220. The van der Waals surface area contributed by atoms with Gasteiger partial charge in [-0.15, -0.1) is 0 Å². The Morgan fingerprint density at radius 3 is 2.57 bits per heavy atom. The molecule has 0 aliphatic carbocycles. The van der Waals surface area contributed by atoms with E-state index in [4.69, 9.17) is 9.73 Å². The summed E-state index contributed by atoms with van der Waals surface area (Å²) in [4.78, 5) is 23.7. The maximum absolute atomic E-state index is 12.5. The van der Waals surface area contributed by atoms with E-state index < -0.39 is 0 Å². The Hall–Kier alpha value is -2.28. The summed E-state index contributed by atoms with van der Waals surface area (Å²) in [6.45, 7) is 8.28. The van der Waals surface area contributed by atoms with Gasteiger partial charge in [0.2, 0.25) is 0 Å². The fraction of sp³-hybridized carbons (Fsp3) is 0.619. The molecule has 1 N–H and O–H groups in total. The Balaban J connectivity index is 1.49. The summed E-state index contributed by atoms with van der Waals surface area (Å²) in [6, 6.07) is 10.4. The van der Waals surface area contributed by atoms with Crippen molar-refractivity contribution in [1.82, 2.24) is 15.1 Å². The lowest BCUT2D eigenvalue weighted by Crippen LogP contribution is -2.55. The number of rotatable bonds is 6. The van der Waals surface area contributed by atoms with Gasteiger partial charge in [0, 0.05) is 58.6 Å². The number of likely N-dealkylation sites (N-methyl/N-ethyl adjacent to an activating group) is 1. The molecule has 2 aliphatic heterocycles. The molecule has 1 aromatic rings. The van der Waals surface area contributed by atoms with Crippen molar-refractivity contribution in [2.24, 2.45) is 4.99 Å². The van der Waals surface area contributed by atoms with Gasteiger partial charge in [0.25, 0.3) is 5.91 Å². The highest BCUT2D eigenvalue weighted by Crippen LogP contribution is 2.16. The molecule has 2 saturated heterocycles. The molecule has 0 spiro atoms. The van der Waals surface area contributed by atoms with Gasteiger partial charge in [-0.25, -0.2) is 0 Å². The van der Waals surface area contributed by atoms with Gasteiger partial charge in [0.05, 0.1) is 6.54 Å². The lowest BCUT2D eigenvalue weighted by molar-refractivity contribution is -0.142. The predicted molar refractivity (Wildman–Crippen MR) is 113 cm³/mol. The molecule has 7 heteroatoms. The van der Waals surface area contributed by atoms with Gasteiger partial charge in [0.15, 0.2) is 5.96 Å². The van der Waals surface area contributed by atoms with Crippen molar-refractivity contribution in [3.8, 4) is 0 Å². The average molecular weight is 388 g/mol. The van der Waals surface area contributed by atoms with Crippen molar-refractivity contribution < 1.29 is 9.53 Å². The zero-order valence-electron chi connectivity index (χ0n) is 17.1. The number of benzene rings is 1. The number of amides is 1. The molecule has 0 saturated carbocycles. The molecule has 0 radical (unpaired) electrons. The zero-order valence-corrected chi connectivity index (χ0v) is 17.1. The molecule has 2 heterocycles. The third-order valence-corrected chi connectivity index (χ3v) is 5.32. The Bertz CT molecular complexity index is 637. The monoisotopic (exact) mass is 387 g/mol.